The number of hydrogen-bond donors (Lipinski definition) is 2. The van der Waals surface area contributed by atoms with E-state index in [1.54, 1.807) is 12.1 Å². The number of rotatable bonds is 8. The first-order chi connectivity index (χ1) is 11.6. The van der Waals surface area contributed by atoms with Crippen LogP contribution in [0.5, 0.6) is 0 Å². The third-order valence-electron chi connectivity index (χ3n) is 3.42. The summed E-state index contributed by atoms with van der Waals surface area (Å²) < 4.78 is 28.5. The third-order valence-corrected chi connectivity index (χ3v) is 6.56. The lowest BCUT2D eigenvalue weighted by Gasteiger charge is -2.28. The van der Waals surface area contributed by atoms with Crippen molar-refractivity contribution in [3.63, 3.8) is 0 Å². The highest BCUT2D eigenvalue weighted by molar-refractivity contribution is 7.91. The van der Waals surface area contributed by atoms with Crippen LogP contribution in [0.15, 0.2) is 46.7 Å². The fourth-order valence-electron chi connectivity index (χ4n) is 2.52. The summed E-state index contributed by atoms with van der Waals surface area (Å²) in [4.78, 5) is 11.9. The van der Waals surface area contributed by atoms with Gasteiger partial charge in [0.2, 0.25) is 0 Å². The lowest BCUT2D eigenvalue weighted by molar-refractivity contribution is -0.871. The summed E-state index contributed by atoms with van der Waals surface area (Å²) in [7, 11) is 1.90. The van der Waals surface area contributed by atoms with Gasteiger partial charge in [0.15, 0.2) is 0 Å². The molecule has 25 heavy (non-hydrogen) atoms. The van der Waals surface area contributed by atoms with Crippen molar-refractivity contribution in [3.05, 3.63) is 42.5 Å². The van der Waals surface area contributed by atoms with Gasteiger partial charge in [0, 0.05) is 4.88 Å². The second-order valence-corrected chi connectivity index (χ2v) is 9.90. The average molecular weight is 384 g/mol. The van der Waals surface area contributed by atoms with Crippen molar-refractivity contribution in [2.75, 3.05) is 27.7 Å². The van der Waals surface area contributed by atoms with Crippen molar-refractivity contribution in [1.29, 1.82) is 0 Å². The van der Waals surface area contributed by atoms with Crippen LogP contribution < -0.4 is 4.72 Å². The molecule has 0 unspecified atom stereocenters. The molecule has 0 saturated heterocycles. The highest BCUT2D eigenvalue weighted by Crippen LogP contribution is 2.30. The number of likely N-dealkylation sites (N-methyl/N-ethyl adjacent to an activating group) is 1. The summed E-state index contributed by atoms with van der Waals surface area (Å²) in [6.45, 7) is 0.377. The maximum atomic E-state index is 12.7. The number of carboxylic acid groups (broad SMARTS) is 1. The Morgan fingerprint density at radius 3 is 2.36 bits per heavy atom. The van der Waals surface area contributed by atoms with E-state index in [4.69, 9.17) is 5.11 Å². The largest absolute Gasteiger partial charge is 0.481 e. The Hall–Kier alpha value is -1.74. The molecule has 1 atom stereocenters. The number of nitrogens with one attached hydrogen (secondary N) is 1. The summed E-state index contributed by atoms with van der Waals surface area (Å²) in [6, 6.07) is 12.2. The number of nitrogens with zero attached hydrogens (tertiary/aromatic N) is 1. The van der Waals surface area contributed by atoms with Crippen LogP contribution in [0, 0.1) is 0 Å². The molecular weight excluding hydrogens is 360 g/mol. The summed E-state index contributed by atoms with van der Waals surface area (Å²) >= 11 is 1.17. The molecule has 2 aromatic rings. The molecule has 0 bridgehead atoms. The third kappa shape index (κ3) is 5.93. The Morgan fingerprint density at radius 1 is 1.16 bits per heavy atom. The molecule has 0 spiro atoms. The Bertz CT molecular complexity index is 824. The van der Waals surface area contributed by atoms with Crippen molar-refractivity contribution < 1.29 is 22.8 Å². The molecule has 0 aliphatic rings. The van der Waals surface area contributed by atoms with E-state index in [9.17, 15) is 13.2 Å². The van der Waals surface area contributed by atoms with Gasteiger partial charge in [-0.1, -0.05) is 30.3 Å². The maximum Gasteiger partial charge on any atom is 0.305 e. The van der Waals surface area contributed by atoms with Crippen LogP contribution in [0.2, 0.25) is 0 Å². The minimum Gasteiger partial charge on any atom is -0.481 e. The number of quaternary nitrogens is 1. The van der Waals surface area contributed by atoms with Gasteiger partial charge in [-0.3, -0.25) is 4.79 Å². The zero-order valence-corrected chi connectivity index (χ0v) is 16.1. The minimum absolute atomic E-state index is 0.183. The zero-order chi connectivity index (χ0) is 18.7. The van der Waals surface area contributed by atoms with Crippen molar-refractivity contribution in [2.45, 2.75) is 16.7 Å². The van der Waals surface area contributed by atoms with E-state index in [2.05, 4.69) is 4.72 Å². The summed E-state index contributed by atoms with van der Waals surface area (Å²) in [5, 5.41) is 9.06. The summed E-state index contributed by atoms with van der Waals surface area (Å²) in [5.41, 5.74) is 0.947. The highest BCUT2D eigenvalue weighted by Gasteiger charge is 2.27. The normalized spacial score (nSPS) is 13.6. The number of thiophene rings is 1. The van der Waals surface area contributed by atoms with E-state index >= 15 is 0 Å². The molecule has 1 heterocycles. The smallest absolute Gasteiger partial charge is 0.305 e. The molecule has 0 aliphatic heterocycles. The van der Waals surface area contributed by atoms with Gasteiger partial charge < -0.3 is 9.59 Å². The van der Waals surface area contributed by atoms with Gasteiger partial charge in [0.25, 0.3) is 10.0 Å². The molecule has 1 aromatic carbocycles. The molecule has 0 saturated carbocycles. The topological polar surface area (TPSA) is 83.5 Å². The molecule has 0 radical (unpaired) electrons. The quantitative estimate of drug-likeness (QED) is 0.685. The fraction of sp³-hybridized carbons (Fsp3) is 0.353. The number of carbonyl (C=O) groups is 1. The molecule has 136 valence electrons. The van der Waals surface area contributed by atoms with E-state index < -0.39 is 22.0 Å². The Labute approximate surface area is 152 Å². The van der Waals surface area contributed by atoms with Gasteiger partial charge in [-0.25, -0.2) is 13.1 Å². The molecular formula is C17H23N2O4S2+. The second kappa shape index (κ2) is 7.65. The predicted octanol–water partition coefficient (Wildman–Crippen LogP) is 2.24. The van der Waals surface area contributed by atoms with Crippen LogP contribution in [0.25, 0.3) is 10.4 Å². The SMILES string of the molecule is C[N+](C)(C)C[C@@H](CC(=O)O)NS(=O)(=O)c1ccc(-c2ccccc2)s1. The van der Waals surface area contributed by atoms with E-state index in [-0.39, 0.29) is 10.6 Å². The number of carboxylic acids is 1. The summed E-state index contributed by atoms with van der Waals surface area (Å²) in [6.07, 6.45) is -0.258. The first kappa shape index (κ1) is 19.6. The number of aliphatic carboxylic acids is 1. The minimum atomic E-state index is -3.77. The van der Waals surface area contributed by atoms with E-state index in [0.29, 0.717) is 11.0 Å². The van der Waals surface area contributed by atoms with Crippen LogP contribution >= 0.6 is 11.3 Å². The lowest BCUT2D eigenvalue weighted by atomic mass is 10.2. The van der Waals surface area contributed by atoms with Crippen LogP contribution in [0.1, 0.15) is 6.42 Å². The van der Waals surface area contributed by atoms with Gasteiger partial charge in [0.05, 0.1) is 40.2 Å². The second-order valence-electron chi connectivity index (χ2n) is 6.87. The molecule has 2 N–H and O–H groups in total. The van der Waals surface area contributed by atoms with E-state index in [1.807, 2.05) is 51.5 Å². The van der Waals surface area contributed by atoms with Crippen molar-refractivity contribution in [1.82, 2.24) is 4.72 Å². The van der Waals surface area contributed by atoms with Crippen molar-refractivity contribution in [3.8, 4) is 10.4 Å². The Kier molecular flexibility index (Phi) is 5.99. The summed E-state index contributed by atoms with van der Waals surface area (Å²) in [5.74, 6) is -1.03. The van der Waals surface area contributed by atoms with Crippen LogP contribution in [-0.2, 0) is 14.8 Å². The monoisotopic (exact) mass is 383 g/mol. The Balaban J connectivity index is 2.22. The number of sulfonamides is 1. The van der Waals surface area contributed by atoms with Gasteiger partial charge in [-0.05, 0) is 17.7 Å². The predicted molar refractivity (Wildman–Crippen MR) is 99.0 cm³/mol. The van der Waals surface area contributed by atoms with E-state index in [0.717, 1.165) is 10.4 Å². The molecule has 0 aliphatic carbocycles. The zero-order valence-electron chi connectivity index (χ0n) is 14.5. The highest BCUT2D eigenvalue weighted by atomic mass is 32.2. The van der Waals surface area contributed by atoms with Gasteiger partial charge >= 0.3 is 5.97 Å². The van der Waals surface area contributed by atoms with Crippen molar-refractivity contribution in [2.24, 2.45) is 0 Å². The molecule has 6 nitrogen and oxygen atoms in total. The average Bonchev–Trinajstić information content (AvgIpc) is 2.95. The lowest BCUT2D eigenvalue weighted by Crippen LogP contribution is -2.49. The van der Waals surface area contributed by atoms with Crippen LogP contribution in [-0.4, -0.2) is 57.7 Å². The standard InChI is InChI=1S/C17H22N2O4S2/c1-19(2,3)12-14(11-16(20)21)18-25(22,23)17-10-9-15(24-17)13-7-5-4-6-8-13/h4-10,14,18H,11-12H2,1-3H3/p+1/t14-/m1/s1. The van der Waals surface area contributed by atoms with Crippen LogP contribution in [0.3, 0.4) is 0 Å². The first-order valence-corrected chi connectivity index (χ1v) is 10.1. The molecule has 0 amide bonds. The van der Waals surface area contributed by atoms with Crippen molar-refractivity contribution >= 4 is 27.3 Å². The van der Waals surface area contributed by atoms with Gasteiger partial charge in [-0.2, -0.15) is 0 Å². The molecule has 2 rings (SSSR count). The molecule has 1 aromatic heterocycles. The maximum absolute atomic E-state index is 12.7. The molecule has 8 heteroatoms. The van der Waals surface area contributed by atoms with E-state index in [1.165, 1.54) is 11.3 Å². The molecule has 0 fully saturated rings. The number of benzene rings is 1. The first-order valence-electron chi connectivity index (χ1n) is 7.77. The van der Waals surface area contributed by atoms with Crippen LogP contribution in [0.4, 0.5) is 0 Å². The Morgan fingerprint density at radius 2 is 1.80 bits per heavy atom. The van der Waals surface area contributed by atoms with Gasteiger partial charge in [0.1, 0.15) is 4.21 Å². The van der Waals surface area contributed by atoms with Gasteiger partial charge in [-0.15, -0.1) is 11.3 Å². The fourth-order valence-corrected chi connectivity index (χ4v) is 5.07. The number of hydrogen-bond acceptors (Lipinski definition) is 4.